The number of rotatable bonds is 0. The minimum atomic E-state index is -0.592. The molecule has 1 atom stereocenters. The van der Waals surface area contributed by atoms with Crippen molar-refractivity contribution in [3.8, 4) is 0 Å². The zero-order valence-corrected chi connectivity index (χ0v) is 11.4. The van der Waals surface area contributed by atoms with Crippen molar-refractivity contribution in [3.05, 3.63) is 35.5 Å². The highest BCUT2D eigenvalue weighted by atomic mass is 16.3. The Morgan fingerprint density at radius 2 is 1.94 bits per heavy atom. The third-order valence-corrected chi connectivity index (χ3v) is 4.56. The Balaban J connectivity index is 2.12. The third kappa shape index (κ3) is 1.59. The van der Waals surface area contributed by atoms with Gasteiger partial charge in [0.15, 0.2) is 0 Å². The molecule has 0 saturated carbocycles. The lowest BCUT2D eigenvalue weighted by Gasteiger charge is -2.43. The second kappa shape index (κ2) is 3.61. The van der Waals surface area contributed by atoms with Gasteiger partial charge in [-0.2, -0.15) is 0 Å². The first-order chi connectivity index (χ1) is 8.41. The number of benzene rings is 1. The molecule has 1 heterocycles. The minimum absolute atomic E-state index is 0.0803. The monoisotopic (exact) mass is 243 g/mol. The third-order valence-electron chi connectivity index (χ3n) is 4.56. The number of H-pyrrole nitrogens is 1. The summed E-state index contributed by atoms with van der Waals surface area (Å²) in [6, 6.07) is 8.39. The molecule has 2 N–H and O–H groups in total. The fourth-order valence-corrected chi connectivity index (χ4v) is 3.02. The SMILES string of the molecule is CC(C)(C)C1(O)CCc2[nH]c3ccccc3c2C1. The fraction of sp³-hybridized carbons (Fsp3) is 0.500. The van der Waals surface area contributed by atoms with Crippen molar-refractivity contribution >= 4 is 10.9 Å². The predicted octanol–water partition coefficient (Wildman–Crippen LogP) is 3.43. The molecule has 1 aromatic carbocycles. The van der Waals surface area contributed by atoms with E-state index in [1.807, 2.05) is 0 Å². The second-order valence-electron chi connectivity index (χ2n) is 6.59. The van der Waals surface area contributed by atoms with Gasteiger partial charge in [-0.15, -0.1) is 0 Å². The maximum atomic E-state index is 10.9. The number of hydrogen-bond acceptors (Lipinski definition) is 1. The number of aliphatic hydroxyl groups is 1. The van der Waals surface area contributed by atoms with Gasteiger partial charge in [0.25, 0.3) is 0 Å². The molecule has 0 aliphatic heterocycles. The number of fused-ring (bicyclic) bond motifs is 3. The average molecular weight is 243 g/mol. The van der Waals surface area contributed by atoms with Crippen LogP contribution in [0.4, 0.5) is 0 Å². The Labute approximate surface area is 108 Å². The van der Waals surface area contributed by atoms with Gasteiger partial charge >= 0.3 is 0 Å². The van der Waals surface area contributed by atoms with Crippen LogP contribution in [-0.4, -0.2) is 15.7 Å². The summed E-state index contributed by atoms with van der Waals surface area (Å²) in [7, 11) is 0. The van der Waals surface area contributed by atoms with Crippen molar-refractivity contribution in [1.29, 1.82) is 0 Å². The summed E-state index contributed by atoms with van der Waals surface area (Å²) in [6.07, 6.45) is 2.55. The van der Waals surface area contributed by atoms with Gasteiger partial charge in [0, 0.05) is 23.0 Å². The highest BCUT2D eigenvalue weighted by Gasteiger charge is 2.43. The van der Waals surface area contributed by atoms with E-state index in [9.17, 15) is 5.11 Å². The quantitative estimate of drug-likeness (QED) is 0.730. The number of aromatic amines is 1. The van der Waals surface area contributed by atoms with Crippen LogP contribution in [-0.2, 0) is 12.8 Å². The highest BCUT2D eigenvalue weighted by molar-refractivity contribution is 5.85. The van der Waals surface area contributed by atoms with E-state index >= 15 is 0 Å². The van der Waals surface area contributed by atoms with Crippen LogP contribution in [0.15, 0.2) is 24.3 Å². The molecule has 0 radical (unpaired) electrons. The van der Waals surface area contributed by atoms with Crippen LogP contribution < -0.4 is 0 Å². The largest absolute Gasteiger partial charge is 0.389 e. The molecule has 96 valence electrons. The smallest absolute Gasteiger partial charge is 0.0740 e. The van der Waals surface area contributed by atoms with Crippen molar-refractivity contribution < 1.29 is 5.11 Å². The topological polar surface area (TPSA) is 36.0 Å². The zero-order valence-electron chi connectivity index (χ0n) is 11.4. The van der Waals surface area contributed by atoms with Crippen LogP contribution >= 0.6 is 0 Å². The molecule has 1 aromatic heterocycles. The van der Waals surface area contributed by atoms with Crippen molar-refractivity contribution in [2.75, 3.05) is 0 Å². The summed E-state index contributed by atoms with van der Waals surface area (Å²) in [5, 5.41) is 12.2. The van der Waals surface area contributed by atoms with E-state index < -0.39 is 5.60 Å². The summed E-state index contributed by atoms with van der Waals surface area (Å²) >= 11 is 0. The van der Waals surface area contributed by atoms with Gasteiger partial charge in [-0.1, -0.05) is 39.0 Å². The Bertz CT molecular complexity index is 591. The van der Waals surface area contributed by atoms with E-state index in [1.165, 1.54) is 22.2 Å². The van der Waals surface area contributed by atoms with Crippen molar-refractivity contribution in [1.82, 2.24) is 4.98 Å². The van der Waals surface area contributed by atoms with Gasteiger partial charge in [-0.05, 0) is 29.9 Å². The Kier molecular flexibility index (Phi) is 2.36. The van der Waals surface area contributed by atoms with Gasteiger partial charge in [-0.25, -0.2) is 0 Å². The molecule has 0 saturated heterocycles. The van der Waals surface area contributed by atoms with Crippen LogP contribution in [0.2, 0.25) is 0 Å². The zero-order chi connectivity index (χ0) is 13.0. The first-order valence-electron chi connectivity index (χ1n) is 6.72. The fourth-order valence-electron chi connectivity index (χ4n) is 3.02. The number of aryl methyl sites for hydroxylation is 1. The standard InChI is InChI=1S/C16H21NO/c1-15(2,3)16(18)9-8-14-12(10-16)11-6-4-5-7-13(11)17-14/h4-7,17-18H,8-10H2,1-3H3. The van der Waals surface area contributed by atoms with Crippen LogP contribution in [0.5, 0.6) is 0 Å². The van der Waals surface area contributed by atoms with Gasteiger partial charge in [0.05, 0.1) is 5.60 Å². The normalized spacial score (nSPS) is 24.2. The van der Waals surface area contributed by atoms with E-state index in [-0.39, 0.29) is 5.41 Å². The lowest BCUT2D eigenvalue weighted by molar-refractivity contribution is -0.0679. The molecule has 18 heavy (non-hydrogen) atoms. The molecule has 1 aliphatic rings. The van der Waals surface area contributed by atoms with Crippen molar-refractivity contribution in [2.45, 2.75) is 45.6 Å². The van der Waals surface area contributed by atoms with E-state index in [0.29, 0.717) is 0 Å². The molecule has 0 spiro atoms. The lowest BCUT2D eigenvalue weighted by Crippen LogP contribution is -2.47. The molecule has 2 aromatic rings. The minimum Gasteiger partial charge on any atom is -0.389 e. The Morgan fingerprint density at radius 3 is 2.67 bits per heavy atom. The molecule has 2 nitrogen and oxygen atoms in total. The summed E-state index contributed by atoms with van der Waals surface area (Å²) in [4.78, 5) is 3.49. The summed E-state index contributed by atoms with van der Waals surface area (Å²) < 4.78 is 0. The Hall–Kier alpha value is -1.28. The number of aromatic nitrogens is 1. The summed E-state index contributed by atoms with van der Waals surface area (Å²) in [6.45, 7) is 6.40. The summed E-state index contributed by atoms with van der Waals surface area (Å²) in [5.74, 6) is 0. The molecule has 1 unspecified atom stereocenters. The van der Waals surface area contributed by atoms with Crippen molar-refractivity contribution in [2.24, 2.45) is 5.41 Å². The van der Waals surface area contributed by atoms with Gasteiger partial charge in [0.2, 0.25) is 0 Å². The van der Waals surface area contributed by atoms with E-state index in [4.69, 9.17) is 0 Å². The van der Waals surface area contributed by atoms with Crippen LogP contribution in [0, 0.1) is 5.41 Å². The van der Waals surface area contributed by atoms with E-state index in [0.717, 1.165) is 19.3 Å². The lowest BCUT2D eigenvalue weighted by atomic mass is 9.67. The second-order valence-corrected chi connectivity index (χ2v) is 6.59. The molecular formula is C16H21NO. The molecule has 0 fully saturated rings. The van der Waals surface area contributed by atoms with Crippen LogP contribution in [0.25, 0.3) is 10.9 Å². The number of hydrogen-bond donors (Lipinski definition) is 2. The van der Waals surface area contributed by atoms with E-state index in [1.54, 1.807) is 0 Å². The molecule has 3 rings (SSSR count). The number of para-hydroxylation sites is 1. The average Bonchev–Trinajstić information content (AvgIpc) is 2.66. The maximum absolute atomic E-state index is 10.9. The molecular weight excluding hydrogens is 222 g/mol. The summed E-state index contributed by atoms with van der Waals surface area (Å²) in [5.41, 5.74) is 3.15. The van der Waals surface area contributed by atoms with Crippen molar-refractivity contribution in [3.63, 3.8) is 0 Å². The maximum Gasteiger partial charge on any atom is 0.0740 e. The first-order valence-corrected chi connectivity index (χ1v) is 6.72. The molecule has 0 bridgehead atoms. The van der Waals surface area contributed by atoms with E-state index in [2.05, 4.69) is 50.0 Å². The van der Waals surface area contributed by atoms with Gasteiger partial charge in [-0.3, -0.25) is 0 Å². The van der Waals surface area contributed by atoms with Crippen LogP contribution in [0.3, 0.4) is 0 Å². The first kappa shape index (κ1) is 11.8. The molecule has 1 aliphatic carbocycles. The van der Waals surface area contributed by atoms with Gasteiger partial charge in [0.1, 0.15) is 0 Å². The number of nitrogens with one attached hydrogen (secondary N) is 1. The van der Waals surface area contributed by atoms with Crippen LogP contribution in [0.1, 0.15) is 38.4 Å². The molecule has 2 heteroatoms. The predicted molar refractivity (Wildman–Crippen MR) is 74.7 cm³/mol. The van der Waals surface area contributed by atoms with Gasteiger partial charge < -0.3 is 10.1 Å². The Morgan fingerprint density at radius 1 is 1.22 bits per heavy atom. The highest BCUT2D eigenvalue weighted by Crippen LogP contribution is 2.42. The molecule has 0 amide bonds.